The van der Waals surface area contributed by atoms with Crippen molar-refractivity contribution in [1.29, 1.82) is 0 Å². The van der Waals surface area contributed by atoms with Gasteiger partial charge in [-0.15, -0.1) is 11.3 Å². The smallest absolute Gasteiger partial charge is 0.320 e. The SMILES string of the molecule is CNc1ncc([N+](=O)[O-])c(Sc2nc3ccccc3s2)n1. The van der Waals surface area contributed by atoms with Crippen molar-refractivity contribution in [1.82, 2.24) is 15.0 Å². The van der Waals surface area contributed by atoms with Crippen LogP contribution in [0.1, 0.15) is 0 Å². The minimum Gasteiger partial charge on any atom is -0.357 e. The van der Waals surface area contributed by atoms with Crippen LogP contribution in [-0.2, 0) is 0 Å². The minimum absolute atomic E-state index is 0.127. The van der Waals surface area contributed by atoms with Gasteiger partial charge in [-0.05, 0) is 23.9 Å². The van der Waals surface area contributed by atoms with Crippen LogP contribution in [0.25, 0.3) is 10.2 Å². The molecular formula is C12H9N5O2S2. The number of benzene rings is 1. The zero-order chi connectivity index (χ0) is 14.8. The third-order valence-electron chi connectivity index (χ3n) is 2.61. The number of nitrogens with one attached hydrogen (secondary N) is 1. The predicted molar refractivity (Wildman–Crippen MR) is 82.0 cm³/mol. The van der Waals surface area contributed by atoms with Crippen LogP contribution >= 0.6 is 23.1 Å². The predicted octanol–water partition coefficient (Wildman–Crippen LogP) is 3.19. The van der Waals surface area contributed by atoms with Gasteiger partial charge in [-0.25, -0.2) is 9.97 Å². The molecule has 2 heterocycles. The molecule has 0 spiro atoms. The molecule has 0 fully saturated rings. The summed E-state index contributed by atoms with van der Waals surface area (Å²) in [7, 11) is 1.66. The largest absolute Gasteiger partial charge is 0.357 e. The lowest BCUT2D eigenvalue weighted by Crippen LogP contribution is -2.00. The van der Waals surface area contributed by atoms with E-state index in [9.17, 15) is 10.1 Å². The zero-order valence-corrected chi connectivity index (χ0v) is 12.4. The van der Waals surface area contributed by atoms with Crippen molar-refractivity contribution in [3.8, 4) is 0 Å². The van der Waals surface area contributed by atoms with E-state index in [0.717, 1.165) is 10.2 Å². The summed E-state index contributed by atoms with van der Waals surface area (Å²) in [6.45, 7) is 0. The van der Waals surface area contributed by atoms with Gasteiger partial charge in [0, 0.05) is 7.05 Å². The van der Waals surface area contributed by atoms with E-state index >= 15 is 0 Å². The molecule has 9 heteroatoms. The Bertz CT molecular complexity index is 787. The van der Waals surface area contributed by atoms with Gasteiger partial charge < -0.3 is 5.32 Å². The summed E-state index contributed by atoms with van der Waals surface area (Å²) < 4.78 is 1.74. The Labute approximate surface area is 127 Å². The third-order valence-corrected chi connectivity index (χ3v) is 4.70. The first-order chi connectivity index (χ1) is 10.2. The molecule has 0 aliphatic heterocycles. The molecule has 0 amide bonds. The van der Waals surface area contributed by atoms with E-state index in [-0.39, 0.29) is 10.7 Å². The number of rotatable bonds is 4. The quantitative estimate of drug-likeness (QED) is 0.448. The minimum atomic E-state index is -0.491. The van der Waals surface area contributed by atoms with Gasteiger partial charge in [-0.3, -0.25) is 10.1 Å². The number of nitrogens with zero attached hydrogens (tertiary/aromatic N) is 4. The molecule has 0 saturated carbocycles. The summed E-state index contributed by atoms with van der Waals surface area (Å²) in [5.74, 6) is 0.337. The summed E-state index contributed by atoms with van der Waals surface area (Å²) in [6, 6.07) is 7.71. The number of anilines is 1. The van der Waals surface area contributed by atoms with Crippen LogP contribution in [0.4, 0.5) is 11.6 Å². The zero-order valence-electron chi connectivity index (χ0n) is 10.8. The standard InChI is InChI=1S/C12H9N5O2S2/c1-13-11-14-6-8(17(18)19)10(16-11)21-12-15-7-4-2-3-5-9(7)20-12/h2-6H,1H3,(H,13,14,16). The van der Waals surface area contributed by atoms with Gasteiger partial charge in [0.2, 0.25) is 5.95 Å². The Morgan fingerprint density at radius 3 is 2.86 bits per heavy atom. The van der Waals surface area contributed by atoms with Crippen LogP contribution in [0.15, 0.2) is 39.8 Å². The van der Waals surface area contributed by atoms with E-state index < -0.39 is 4.92 Å². The molecule has 1 N–H and O–H groups in total. The van der Waals surface area contributed by atoms with Gasteiger partial charge in [0.1, 0.15) is 6.20 Å². The summed E-state index contributed by atoms with van der Waals surface area (Å²) >= 11 is 2.65. The molecule has 0 aliphatic carbocycles. The molecule has 0 saturated heterocycles. The number of hydrogen-bond acceptors (Lipinski definition) is 8. The number of aromatic nitrogens is 3. The van der Waals surface area contributed by atoms with E-state index in [4.69, 9.17) is 0 Å². The number of para-hydroxylation sites is 1. The molecule has 0 bridgehead atoms. The van der Waals surface area contributed by atoms with Gasteiger partial charge in [-0.1, -0.05) is 12.1 Å². The first kappa shape index (κ1) is 13.7. The molecule has 0 radical (unpaired) electrons. The molecule has 0 atom stereocenters. The van der Waals surface area contributed by atoms with Crippen LogP contribution < -0.4 is 5.32 Å². The topological polar surface area (TPSA) is 93.8 Å². The highest BCUT2D eigenvalue weighted by atomic mass is 32.2. The number of nitro groups is 1. The fourth-order valence-electron chi connectivity index (χ4n) is 1.66. The average Bonchev–Trinajstić information content (AvgIpc) is 2.89. The summed E-state index contributed by atoms with van der Waals surface area (Å²) in [4.78, 5) is 23.0. The van der Waals surface area contributed by atoms with Crippen molar-refractivity contribution in [2.75, 3.05) is 12.4 Å². The van der Waals surface area contributed by atoms with Crippen LogP contribution in [0.5, 0.6) is 0 Å². The molecule has 1 aromatic carbocycles. The second-order valence-electron chi connectivity index (χ2n) is 3.94. The van der Waals surface area contributed by atoms with Crippen molar-refractivity contribution in [2.24, 2.45) is 0 Å². The van der Waals surface area contributed by atoms with Crippen molar-refractivity contribution in [3.63, 3.8) is 0 Å². The molecule has 21 heavy (non-hydrogen) atoms. The fourth-order valence-corrected chi connectivity index (χ4v) is 3.70. The van der Waals surface area contributed by atoms with Crippen molar-refractivity contribution >= 4 is 45.0 Å². The van der Waals surface area contributed by atoms with Gasteiger partial charge in [0.15, 0.2) is 9.37 Å². The van der Waals surface area contributed by atoms with Crippen LogP contribution in [0, 0.1) is 10.1 Å². The van der Waals surface area contributed by atoms with Crippen molar-refractivity contribution in [3.05, 3.63) is 40.6 Å². The van der Waals surface area contributed by atoms with E-state index in [2.05, 4.69) is 20.3 Å². The third kappa shape index (κ3) is 2.78. The maximum Gasteiger partial charge on any atom is 0.320 e. The Hall–Kier alpha value is -2.26. The van der Waals surface area contributed by atoms with Crippen LogP contribution in [0.3, 0.4) is 0 Å². The average molecular weight is 319 g/mol. The Balaban J connectivity index is 2.01. The van der Waals surface area contributed by atoms with E-state index in [1.807, 2.05) is 24.3 Å². The van der Waals surface area contributed by atoms with Crippen molar-refractivity contribution in [2.45, 2.75) is 9.37 Å². The number of fused-ring (bicyclic) bond motifs is 1. The Morgan fingerprint density at radius 2 is 2.14 bits per heavy atom. The fraction of sp³-hybridized carbons (Fsp3) is 0.0833. The second kappa shape index (κ2) is 5.62. The molecule has 106 valence electrons. The lowest BCUT2D eigenvalue weighted by Gasteiger charge is -2.02. The van der Waals surface area contributed by atoms with Crippen molar-refractivity contribution < 1.29 is 4.92 Å². The molecule has 2 aromatic heterocycles. The summed E-state index contributed by atoms with van der Waals surface area (Å²) in [6.07, 6.45) is 1.20. The first-order valence-electron chi connectivity index (χ1n) is 5.90. The Kier molecular flexibility index (Phi) is 3.67. The Morgan fingerprint density at radius 1 is 1.33 bits per heavy atom. The second-order valence-corrected chi connectivity index (χ2v) is 6.21. The number of hydrogen-bond donors (Lipinski definition) is 1. The summed E-state index contributed by atoms with van der Waals surface area (Å²) in [5, 5.41) is 14.1. The normalized spacial score (nSPS) is 10.7. The molecule has 3 rings (SSSR count). The molecule has 3 aromatic rings. The lowest BCUT2D eigenvalue weighted by atomic mass is 10.3. The first-order valence-corrected chi connectivity index (χ1v) is 7.53. The highest BCUT2D eigenvalue weighted by Gasteiger charge is 2.19. The maximum absolute atomic E-state index is 11.1. The van der Waals surface area contributed by atoms with Gasteiger partial charge in [0.05, 0.1) is 15.1 Å². The summed E-state index contributed by atoms with van der Waals surface area (Å²) in [5.41, 5.74) is 0.744. The van der Waals surface area contributed by atoms with Crippen LogP contribution in [0.2, 0.25) is 0 Å². The van der Waals surface area contributed by atoms with Gasteiger partial charge >= 0.3 is 5.69 Å². The highest BCUT2D eigenvalue weighted by molar-refractivity contribution is 8.01. The van der Waals surface area contributed by atoms with Crippen LogP contribution in [-0.4, -0.2) is 26.9 Å². The van der Waals surface area contributed by atoms with Gasteiger partial charge in [0.25, 0.3) is 0 Å². The molecule has 0 unspecified atom stereocenters. The van der Waals surface area contributed by atoms with E-state index in [0.29, 0.717) is 10.3 Å². The van der Waals surface area contributed by atoms with Gasteiger partial charge in [-0.2, -0.15) is 4.98 Å². The highest BCUT2D eigenvalue weighted by Crippen LogP contribution is 2.37. The van der Waals surface area contributed by atoms with E-state index in [1.165, 1.54) is 29.3 Å². The lowest BCUT2D eigenvalue weighted by molar-refractivity contribution is -0.388. The molecule has 0 aliphatic rings. The molecular weight excluding hydrogens is 310 g/mol. The molecule has 7 nitrogen and oxygen atoms in total. The maximum atomic E-state index is 11.1. The monoisotopic (exact) mass is 319 g/mol. The number of thiazole rings is 1. The van der Waals surface area contributed by atoms with E-state index in [1.54, 1.807) is 7.05 Å².